The van der Waals surface area contributed by atoms with Crippen molar-refractivity contribution in [2.45, 2.75) is 69.6 Å². The van der Waals surface area contributed by atoms with Gasteiger partial charge in [-0.3, -0.25) is 4.90 Å². The fourth-order valence-corrected chi connectivity index (χ4v) is 5.88. The summed E-state index contributed by atoms with van der Waals surface area (Å²) in [6.45, 7) is 11.6. The van der Waals surface area contributed by atoms with Gasteiger partial charge >= 0.3 is 0 Å². The van der Waals surface area contributed by atoms with Gasteiger partial charge in [0.05, 0.1) is 17.1 Å². The zero-order valence-corrected chi connectivity index (χ0v) is 17.2. The minimum atomic E-state index is -3.43. The summed E-state index contributed by atoms with van der Waals surface area (Å²) >= 11 is 0. The Labute approximate surface area is 158 Å². The van der Waals surface area contributed by atoms with Crippen molar-refractivity contribution in [3.05, 3.63) is 29.8 Å². The van der Waals surface area contributed by atoms with Gasteiger partial charge in [-0.15, -0.1) is 0 Å². The third-order valence-electron chi connectivity index (χ3n) is 5.44. The predicted molar refractivity (Wildman–Crippen MR) is 104 cm³/mol. The Morgan fingerprint density at radius 1 is 1.12 bits per heavy atom. The van der Waals surface area contributed by atoms with Crippen LogP contribution in [0.4, 0.5) is 0 Å². The van der Waals surface area contributed by atoms with Crippen LogP contribution in [0.5, 0.6) is 0 Å². The Bertz CT molecular complexity index is 692. The number of sulfonamides is 1. The standard InChI is InChI=1S/C20H32N2O3S/c1-15(2)18-7-9-20(10-8-18)26(23,24)22-11-5-6-19(22)14-21-12-16(3)25-17(4)13-21/h7-10,15-17,19H,5-6,11-14H2,1-4H3. The summed E-state index contributed by atoms with van der Waals surface area (Å²) in [5.74, 6) is 0.400. The Balaban J connectivity index is 1.74. The summed E-state index contributed by atoms with van der Waals surface area (Å²) in [7, 11) is -3.43. The van der Waals surface area contributed by atoms with Crippen LogP contribution in [-0.2, 0) is 14.8 Å². The molecule has 2 fully saturated rings. The highest BCUT2D eigenvalue weighted by Gasteiger charge is 2.37. The lowest BCUT2D eigenvalue weighted by Crippen LogP contribution is -2.50. The number of rotatable bonds is 5. The van der Waals surface area contributed by atoms with Gasteiger partial charge in [0.25, 0.3) is 0 Å². The molecule has 1 aromatic rings. The van der Waals surface area contributed by atoms with E-state index in [1.807, 2.05) is 12.1 Å². The third kappa shape index (κ3) is 4.30. The first-order valence-electron chi connectivity index (χ1n) is 9.77. The molecular weight excluding hydrogens is 348 g/mol. The van der Waals surface area contributed by atoms with E-state index in [-0.39, 0.29) is 18.2 Å². The zero-order chi connectivity index (χ0) is 18.9. The summed E-state index contributed by atoms with van der Waals surface area (Å²) in [6, 6.07) is 7.46. The number of hydrogen-bond donors (Lipinski definition) is 0. The van der Waals surface area contributed by atoms with Gasteiger partial charge < -0.3 is 4.74 Å². The molecule has 2 heterocycles. The second-order valence-electron chi connectivity index (χ2n) is 8.11. The van der Waals surface area contributed by atoms with Crippen molar-refractivity contribution in [3.8, 4) is 0 Å². The Hall–Kier alpha value is -0.950. The molecule has 3 rings (SSSR count). The van der Waals surface area contributed by atoms with Crippen LogP contribution in [0.25, 0.3) is 0 Å². The molecule has 2 saturated heterocycles. The first-order valence-corrected chi connectivity index (χ1v) is 11.2. The van der Waals surface area contributed by atoms with Crippen LogP contribution in [0.1, 0.15) is 52.0 Å². The van der Waals surface area contributed by atoms with Gasteiger partial charge in [-0.1, -0.05) is 26.0 Å². The maximum absolute atomic E-state index is 13.2. The average molecular weight is 381 g/mol. The third-order valence-corrected chi connectivity index (χ3v) is 7.41. The van der Waals surface area contributed by atoms with E-state index < -0.39 is 10.0 Å². The number of hydrogen-bond acceptors (Lipinski definition) is 4. The SMILES string of the molecule is CC1CN(CC2CCCN2S(=O)(=O)c2ccc(C(C)C)cc2)CC(C)O1. The average Bonchev–Trinajstić information content (AvgIpc) is 3.03. The quantitative estimate of drug-likeness (QED) is 0.788. The van der Waals surface area contributed by atoms with Gasteiger partial charge in [0.15, 0.2) is 0 Å². The second kappa shape index (κ2) is 7.97. The second-order valence-corrected chi connectivity index (χ2v) is 10.0. The van der Waals surface area contributed by atoms with Gasteiger partial charge in [-0.2, -0.15) is 4.31 Å². The first-order chi connectivity index (χ1) is 12.3. The molecule has 0 N–H and O–H groups in total. The number of benzene rings is 1. The highest BCUT2D eigenvalue weighted by atomic mass is 32.2. The number of ether oxygens (including phenoxy) is 1. The van der Waals surface area contributed by atoms with Crippen molar-refractivity contribution in [2.24, 2.45) is 0 Å². The van der Waals surface area contributed by atoms with Gasteiger partial charge in [0, 0.05) is 32.2 Å². The van der Waals surface area contributed by atoms with Crippen molar-refractivity contribution in [1.82, 2.24) is 9.21 Å². The summed E-state index contributed by atoms with van der Waals surface area (Å²) in [6.07, 6.45) is 2.27. The van der Waals surface area contributed by atoms with Crippen molar-refractivity contribution in [3.63, 3.8) is 0 Å². The summed E-state index contributed by atoms with van der Waals surface area (Å²) in [4.78, 5) is 2.77. The molecular formula is C20H32N2O3S. The molecule has 5 nitrogen and oxygen atoms in total. The molecule has 2 aliphatic rings. The molecule has 2 aliphatic heterocycles. The van der Waals surface area contributed by atoms with Gasteiger partial charge in [0.2, 0.25) is 10.0 Å². The summed E-state index contributed by atoms with van der Waals surface area (Å²) in [5.41, 5.74) is 1.17. The van der Waals surface area contributed by atoms with E-state index in [9.17, 15) is 8.42 Å². The first kappa shape index (κ1) is 19.8. The zero-order valence-electron chi connectivity index (χ0n) is 16.4. The molecule has 0 bridgehead atoms. The van der Waals surface area contributed by atoms with Crippen LogP contribution in [0, 0.1) is 0 Å². The monoisotopic (exact) mass is 380 g/mol. The van der Waals surface area contributed by atoms with E-state index in [0.29, 0.717) is 17.4 Å². The van der Waals surface area contributed by atoms with Crippen LogP contribution in [-0.4, -0.2) is 62.1 Å². The molecule has 0 aliphatic carbocycles. The van der Waals surface area contributed by atoms with E-state index >= 15 is 0 Å². The molecule has 0 spiro atoms. The molecule has 1 aromatic carbocycles. The predicted octanol–water partition coefficient (Wildman–Crippen LogP) is 3.07. The Kier molecular flexibility index (Phi) is 6.07. The van der Waals surface area contributed by atoms with Crippen molar-refractivity contribution >= 4 is 10.0 Å². The molecule has 3 unspecified atom stereocenters. The van der Waals surface area contributed by atoms with Gasteiger partial charge in [-0.25, -0.2) is 8.42 Å². The van der Waals surface area contributed by atoms with Crippen LogP contribution < -0.4 is 0 Å². The lowest BCUT2D eigenvalue weighted by atomic mass is 10.0. The van der Waals surface area contributed by atoms with Crippen molar-refractivity contribution in [1.29, 1.82) is 0 Å². The largest absolute Gasteiger partial charge is 0.373 e. The number of morpholine rings is 1. The van der Waals surface area contributed by atoms with Crippen LogP contribution in [0.2, 0.25) is 0 Å². The molecule has 0 aromatic heterocycles. The Morgan fingerprint density at radius 2 is 1.73 bits per heavy atom. The van der Waals surface area contributed by atoms with Crippen LogP contribution >= 0.6 is 0 Å². The fraction of sp³-hybridized carbons (Fsp3) is 0.700. The minimum absolute atomic E-state index is 0.0577. The van der Waals surface area contributed by atoms with Crippen molar-refractivity contribution in [2.75, 3.05) is 26.2 Å². The van der Waals surface area contributed by atoms with Crippen LogP contribution in [0.15, 0.2) is 29.2 Å². The van der Waals surface area contributed by atoms with E-state index in [0.717, 1.165) is 32.5 Å². The maximum atomic E-state index is 13.2. The minimum Gasteiger partial charge on any atom is -0.373 e. The van der Waals surface area contributed by atoms with E-state index in [1.54, 1.807) is 16.4 Å². The summed E-state index contributed by atoms with van der Waals surface area (Å²) < 4.78 is 33.9. The molecule has 6 heteroatoms. The molecule has 0 amide bonds. The normalized spacial score (nSPS) is 28.7. The van der Waals surface area contributed by atoms with Gasteiger partial charge in [-0.05, 0) is 50.3 Å². The highest BCUT2D eigenvalue weighted by molar-refractivity contribution is 7.89. The van der Waals surface area contributed by atoms with Gasteiger partial charge in [0.1, 0.15) is 0 Å². The molecule has 26 heavy (non-hydrogen) atoms. The summed E-state index contributed by atoms with van der Waals surface area (Å²) in [5, 5.41) is 0. The lowest BCUT2D eigenvalue weighted by Gasteiger charge is -2.38. The Morgan fingerprint density at radius 3 is 2.31 bits per heavy atom. The molecule has 0 radical (unpaired) electrons. The molecule has 0 saturated carbocycles. The highest BCUT2D eigenvalue weighted by Crippen LogP contribution is 2.28. The molecule has 146 valence electrons. The topological polar surface area (TPSA) is 49.9 Å². The van der Waals surface area contributed by atoms with E-state index in [2.05, 4.69) is 32.6 Å². The number of nitrogens with zero attached hydrogens (tertiary/aromatic N) is 2. The van der Waals surface area contributed by atoms with Crippen molar-refractivity contribution < 1.29 is 13.2 Å². The lowest BCUT2D eigenvalue weighted by molar-refractivity contribution is -0.0707. The smallest absolute Gasteiger partial charge is 0.243 e. The van der Waals surface area contributed by atoms with E-state index in [4.69, 9.17) is 4.74 Å². The maximum Gasteiger partial charge on any atom is 0.243 e. The van der Waals surface area contributed by atoms with Crippen LogP contribution in [0.3, 0.4) is 0 Å². The fourth-order valence-electron chi connectivity index (χ4n) is 4.20. The van der Waals surface area contributed by atoms with E-state index in [1.165, 1.54) is 5.56 Å². The molecule has 3 atom stereocenters.